The molecule has 1 rings (SSSR count). The van der Waals surface area contributed by atoms with Crippen molar-refractivity contribution < 1.29 is 18.3 Å². The second kappa shape index (κ2) is 5.61. The van der Waals surface area contributed by atoms with Crippen molar-refractivity contribution in [3.63, 3.8) is 0 Å². The van der Waals surface area contributed by atoms with E-state index < -0.39 is 16.0 Å². The SMILES string of the molecule is CCCCN(C)S(=O)(=O)c1ccsc1C(=O)O. The van der Waals surface area contributed by atoms with Gasteiger partial charge in [-0.15, -0.1) is 11.3 Å². The van der Waals surface area contributed by atoms with Gasteiger partial charge in [-0.3, -0.25) is 0 Å². The summed E-state index contributed by atoms with van der Waals surface area (Å²) in [4.78, 5) is 10.6. The average molecular weight is 277 g/mol. The van der Waals surface area contributed by atoms with Crippen molar-refractivity contribution in [2.24, 2.45) is 0 Å². The highest BCUT2D eigenvalue weighted by molar-refractivity contribution is 7.89. The van der Waals surface area contributed by atoms with Crippen LogP contribution < -0.4 is 0 Å². The molecule has 0 amide bonds. The summed E-state index contributed by atoms with van der Waals surface area (Å²) in [7, 11) is -2.21. The van der Waals surface area contributed by atoms with E-state index in [0.717, 1.165) is 24.2 Å². The van der Waals surface area contributed by atoms with Gasteiger partial charge < -0.3 is 5.11 Å². The van der Waals surface area contributed by atoms with Crippen molar-refractivity contribution in [3.8, 4) is 0 Å². The highest BCUT2D eigenvalue weighted by Crippen LogP contribution is 2.24. The van der Waals surface area contributed by atoms with E-state index in [1.165, 1.54) is 22.8 Å². The Balaban J connectivity index is 3.04. The number of rotatable bonds is 6. The van der Waals surface area contributed by atoms with Crippen LogP contribution in [0.3, 0.4) is 0 Å². The molecular formula is C10H15NO4S2. The van der Waals surface area contributed by atoms with Gasteiger partial charge in [-0.25, -0.2) is 17.5 Å². The Labute approximate surface area is 105 Å². The smallest absolute Gasteiger partial charge is 0.347 e. The van der Waals surface area contributed by atoms with Crippen LogP contribution in [-0.2, 0) is 10.0 Å². The van der Waals surface area contributed by atoms with E-state index in [0.29, 0.717) is 6.54 Å². The Morgan fingerprint density at radius 3 is 2.71 bits per heavy atom. The molecule has 1 heterocycles. The molecule has 0 spiro atoms. The predicted molar refractivity (Wildman–Crippen MR) is 66.0 cm³/mol. The maximum absolute atomic E-state index is 12.1. The third-order valence-corrected chi connectivity index (χ3v) is 5.27. The normalized spacial score (nSPS) is 11.9. The largest absolute Gasteiger partial charge is 0.477 e. The molecule has 0 fully saturated rings. The lowest BCUT2D eigenvalue weighted by Gasteiger charge is -2.16. The number of hydrogen-bond acceptors (Lipinski definition) is 4. The molecule has 17 heavy (non-hydrogen) atoms. The van der Waals surface area contributed by atoms with E-state index in [9.17, 15) is 13.2 Å². The van der Waals surface area contributed by atoms with Crippen LogP contribution in [0.15, 0.2) is 16.3 Å². The van der Waals surface area contributed by atoms with Crippen molar-refractivity contribution >= 4 is 27.3 Å². The molecular weight excluding hydrogens is 262 g/mol. The number of sulfonamides is 1. The highest BCUT2D eigenvalue weighted by atomic mass is 32.2. The molecule has 1 aromatic heterocycles. The molecule has 1 N–H and O–H groups in total. The fourth-order valence-electron chi connectivity index (χ4n) is 1.33. The summed E-state index contributed by atoms with van der Waals surface area (Å²) < 4.78 is 25.4. The van der Waals surface area contributed by atoms with Gasteiger partial charge in [-0.05, 0) is 17.9 Å². The van der Waals surface area contributed by atoms with Gasteiger partial charge in [-0.1, -0.05) is 13.3 Å². The van der Waals surface area contributed by atoms with Gasteiger partial charge in [0.05, 0.1) is 0 Å². The number of aromatic carboxylic acids is 1. The van der Waals surface area contributed by atoms with Gasteiger partial charge in [0.1, 0.15) is 9.77 Å². The van der Waals surface area contributed by atoms with Gasteiger partial charge in [0.15, 0.2) is 0 Å². The Kier molecular flexibility index (Phi) is 4.67. The fourth-order valence-corrected chi connectivity index (χ4v) is 3.76. The number of carboxylic acids is 1. The van der Waals surface area contributed by atoms with E-state index in [4.69, 9.17) is 5.11 Å². The molecule has 1 aromatic rings. The minimum atomic E-state index is -3.68. The lowest BCUT2D eigenvalue weighted by molar-refractivity contribution is 0.0698. The van der Waals surface area contributed by atoms with Gasteiger partial charge >= 0.3 is 5.97 Å². The summed E-state index contributed by atoms with van der Waals surface area (Å²) >= 11 is 0.920. The van der Waals surface area contributed by atoms with Crippen LogP contribution in [0.5, 0.6) is 0 Å². The predicted octanol–water partition coefficient (Wildman–Crippen LogP) is 1.87. The first-order valence-electron chi connectivity index (χ1n) is 5.18. The van der Waals surface area contributed by atoms with Gasteiger partial charge in [-0.2, -0.15) is 0 Å². The van der Waals surface area contributed by atoms with Crippen molar-refractivity contribution in [3.05, 3.63) is 16.3 Å². The Morgan fingerprint density at radius 2 is 2.18 bits per heavy atom. The summed E-state index contributed by atoms with van der Waals surface area (Å²) in [6.07, 6.45) is 1.64. The van der Waals surface area contributed by atoms with Gasteiger partial charge in [0.2, 0.25) is 10.0 Å². The van der Waals surface area contributed by atoms with Crippen LogP contribution in [0.1, 0.15) is 29.4 Å². The second-order valence-corrected chi connectivity index (χ2v) is 6.53. The molecule has 0 aliphatic carbocycles. The summed E-state index contributed by atoms with van der Waals surface area (Å²) in [6, 6.07) is 1.34. The molecule has 5 nitrogen and oxygen atoms in total. The number of hydrogen-bond donors (Lipinski definition) is 1. The first-order chi connectivity index (χ1) is 7.91. The van der Waals surface area contributed by atoms with E-state index in [2.05, 4.69) is 0 Å². The van der Waals surface area contributed by atoms with Crippen LogP contribution in [0.25, 0.3) is 0 Å². The molecule has 0 radical (unpaired) electrons. The van der Waals surface area contributed by atoms with Crippen molar-refractivity contribution in [1.82, 2.24) is 4.31 Å². The maximum atomic E-state index is 12.1. The Morgan fingerprint density at radius 1 is 1.53 bits per heavy atom. The van der Waals surface area contributed by atoms with Crippen molar-refractivity contribution in [2.75, 3.05) is 13.6 Å². The quantitative estimate of drug-likeness (QED) is 0.861. The lowest BCUT2D eigenvalue weighted by Crippen LogP contribution is -2.28. The first kappa shape index (κ1) is 14.1. The van der Waals surface area contributed by atoms with Gasteiger partial charge in [0.25, 0.3) is 0 Å². The summed E-state index contributed by atoms with van der Waals surface area (Å²) in [5.41, 5.74) is 0. The molecule has 0 bridgehead atoms. The summed E-state index contributed by atoms with van der Waals surface area (Å²) in [5, 5.41) is 10.4. The Hall–Kier alpha value is -0.920. The third kappa shape index (κ3) is 3.05. The van der Waals surface area contributed by atoms with Gasteiger partial charge in [0, 0.05) is 13.6 Å². The van der Waals surface area contributed by atoms with Crippen LogP contribution in [-0.4, -0.2) is 37.4 Å². The third-order valence-electron chi connectivity index (χ3n) is 2.34. The molecule has 0 saturated carbocycles. The standard InChI is InChI=1S/C10H15NO4S2/c1-3-4-6-11(2)17(14,15)8-5-7-16-9(8)10(12)13/h5,7H,3-4,6H2,1-2H3,(H,12,13). The number of nitrogens with zero attached hydrogens (tertiary/aromatic N) is 1. The first-order valence-corrected chi connectivity index (χ1v) is 7.50. The molecule has 0 atom stereocenters. The number of unbranched alkanes of at least 4 members (excludes halogenated alkanes) is 1. The number of carbonyl (C=O) groups is 1. The fraction of sp³-hybridized carbons (Fsp3) is 0.500. The van der Waals surface area contributed by atoms with E-state index in [-0.39, 0.29) is 9.77 Å². The molecule has 0 aliphatic heterocycles. The average Bonchev–Trinajstić information content (AvgIpc) is 2.75. The molecule has 7 heteroatoms. The molecule has 0 aliphatic rings. The topological polar surface area (TPSA) is 74.7 Å². The van der Waals surface area contributed by atoms with E-state index in [1.807, 2.05) is 6.92 Å². The van der Waals surface area contributed by atoms with Crippen LogP contribution >= 0.6 is 11.3 Å². The second-order valence-electron chi connectivity index (χ2n) is 3.60. The highest BCUT2D eigenvalue weighted by Gasteiger charge is 2.27. The lowest BCUT2D eigenvalue weighted by atomic mass is 10.3. The van der Waals surface area contributed by atoms with Crippen LogP contribution in [0, 0.1) is 0 Å². The molecule has 0 aromatic carbocycles. The molecule has 96 valence electrons. The van der Waals surface area contributed by atoms with E-state index in [1.54, 1.807) is 0 Å². The minimum absolute atomic E-state index is 0.117. The zero-order valence-electron chi connectivity index (χ0n) is 9.71. The zero-order chi connectivity index (χ0) is 13.1. The molecule has 0 unspecified atom stereocenters. The van der Waals surface area contributed by atoms with Crippen LogP contribution in [0.2, 0.25) is 0 Å². The summed E-state index contributed by atoms with van der Waals surface area (Å²) in [5.74, 6) is -1.21. The van der Waals surface area contributed by atoms with Crippen molar-refractivity contribution in [1.29, 1.82) is 0 Å². The zero-order valence-corrected chi connectivity index (χ0v) is 11.3. The molecule has 0 saturated heterocycles. The van der Waals surface area contributed by atoms with E-state index >= 15 is 0 Å². The maximum Gasteiger partial charge on any atom is 0.347 e. The monoisotopic (exact) mass is 277 g/mol. The van der Waals surface area contributed by atoms with Crippen LogP contribution in [0.4, 0.5) is 0 Å². The van der Waals surface area contributed by atoms with Crippen molar-refractivity contribution in [2.45, 2.75) is 24.7 Å². The summed E-state index contributed by atoms with van der Waals surface area (Å²) in [6.45, 7) is 2.36. The number of carboxylic acid groups (broad SMARTS) is 1. The minimum Gasteiger partial charge on any atom is -0.477 e. The number of thiophene rings is 1. The Bertz CT molecular complexity index is 492.